The third-order valence-electron chi connectivity index (χ3n) is 3.19. The van der Waals surface area contributed by atoms with E-state index in [0.29, 0.717) is 11.5 Å². The van der Waals surface area contributed by atoms with Crippen LogP contribution in [-0.4, -0.2) is 25.8 Å². The molecule has 13 heavy (non-hydrogen) atoms. The van der Waals surface area contributed by atoms with Gasteiger partial charge in [-0.05, 0) is 31.6 Å². The normalized spacial score (nSPS) is 24.2. The predicted octanol–water partition coefficient (Wildman–Crippen LogP) is 2.19. The van der Waals surface area contributed by atoms with Crippen LogP contribution in [0, 0.1) is 5.41 Å². The van der Waals surface area contributed by atoms with Crippen LogP contribution in [0.5, 0.6) is 0 Å². The van der Waals surface area contributed by atoms with Crippen molar-refractivity contribution in [2.24, 2.45) is 5.41 Å². The molecule has 0 aliphatic carbocycles. The van der Waals surface area contributed by atoms with Crippen LogP contribution < -0.4 is 5.32 Å². The smallest absolute Gasteiger partial charge is 0.0471 e. The lowest BCUT2D eigenvalue weighted by molar-refractivity contribution is 0.0230. The highest BCUT2D eigenvalue weighted by atomic mass is 16.5. The molecule has 1 aliphatic rings. The number of hydrogen-bond acceptors (Lipinski definition) is 2. The maximum atomic E-state index is 5.37. The Hall–Kier alpha value is -0.0800. The standard InChI is InChI=1S/C11H23NO/c1-4-10(2)12-9-11(3)5-7-13-8-6-11/h10,12H,4-9H2,1-3H3. The van der Waals surface area contributed by atoms with Crippen LogP contribution in [0.3, 0.4) is 0 Å². The molecule has 0 radical (unpaired) electrons. The Kier molecular flexibility index (Phi) is 4.20. The molecule has 0 amide bonds. The first kappa shape index (κ1) is 11.0. The first-order valence-electron chi connectivity index (χ1n) is 5.47. The third-order valence-corrected chi connectivity index (χ3v) is 3.19. The van der Waals surface area contributed by atoms with Crippen molar-refractivity contribution in [3.8, 4) is 0 Å². The number of rotatable bonds is 4. The summed E-state index contributed by atoms with van der Waals surface area (Å²) in [4.78, 5) is 0. The van der Waals surface area contributed by atoms with E-state index in [1.807, 2.05) is 0 Å². The average Bonchev–Trinajstić information content (AvgIpc) is 2.15. The molecule has 1 saturated heterocycles. The molecule has 1 heterocycles. The fraction of sp³-hybridized carbons (Fsp3) is 1.00. The first-order chi connectivity index (χ1) is 6.16. The van der Waals surface area contributed by atoms with Crippen molar-refractivity contribution in [2.75, 3.05) is 19.8 Å². The molecule has 1 aliphatic heterocycles. The molecule has 0 spiro atoms. The minimum Gasteiger partial charge on any atom is -0.381 e. The lowest BCUT2D eigenvalue weighted by Crippen LogP contribution is -2.40. The van der Waals surface area contributed by atoms with Crippen LogP contribution in [0.25, 0.3) is 0 Å². The first-order valence-corrected chi connectivity index (χ1v) is 5.47. The van der Waals surface area contributed by atoms with E-state index in [0.717, 1.165) is 19.8 Å². The summed E-state index contributed by atoms with van der Waals surface area (Å²) in [5.74, 6) is 0. The van der Waals surface area contributed by atoms with Crippen molar-refractivity contribution in [1.82, 2.24) is 5.32 Å². The van der Waals surface area contributed by atoms with Crippen LogP contribution in [0.4, 0.5) is 0 Å². The average molecular weight is 185 g/mol. The van der Waals surface area contributed by atoms with Gasteiger partial charge in [0.15, 0.2) is 0 Å². The lowest BCUT2D eigenvalue weighted by Gasteiger charge is -2.34. The van der Waals surface area contributed by atoms with Gasteiger partial charge in [-0.25, -0.2) is 0 Å². The molecule has 2 heteroatoms. The zero-order valence-corrected chi connectivity index (χ0v) is 9.23. The minimum atomic E-state index is 0.474. The van der Waals surface area contributed by atoms with Gasteiger partial charge >= 0.3 is 0 Å². The van der Waals surface area contributed by atoms with Crippen LogP contribution in [-0.2, 0) is 4.74 Å². The molecule has 1 N–H and O–H groups in total. The van der Waals surface area contributed by atoms with E-state index >= 15 is 0 Å². The summed E-state index contributed by atoms with van der Waals surface area (Å²) in [5, 5.41) is 3.59. The van der Waals surface area contributed by atoms with Crippen molar-refractivity contribution in [1.29, 1.82) is 0 Å². The molecule has 0 aromatic rings. The Morgan fingerprint density at radius 3 is 2.54 bits per heavy atom. The molecular formula is C11H23NO. The van der Waals surface area contributed by atoms with E-state index in [-0.39, 0.29) is 0 Å². The topological polar surface area (TPSA) is 21.3 Å². The second-order valence-electron chi connectivity index (χ2n) is 4.61. The summed E-state index contributed by atoms with van der Waals surface area (Å²) in [5.41, 5.74) is 0.474. The Balaban J connectivity index is 2.24. The van der Waals surface area contributed by atoms with E-state index in [1.165, 1.54) is 19.3 Å². The van der Waals surface area contributed by atoms with Gasteiger partial charge in [0.05, 0.1) is 0 Å². The van der Waals surface area contributed by atoms with Crippen LogP contribution in [0.15, 0.2) is 0 Å². The van der Waals surface area contributed by atoms with Crippen molar-refractivity contribution in [3.05, 3.63) is 0 Å². The predicted molar refractivity (Wildman–Crippen MR) is 55.9 cm³/mol. The fourth-order valence-electron chi connectivity index (χ4n) is 1.61. The molecular weight excluding hydrogens is 162 g/mol. The second kappa shape index (κ2) is 4.97. The Morgan fingerprint density at radius 2 is 2.00 bits per heavy atom. The van der Waals surface area contributed by atoms with Crippen LogP contribution in [0.1, 0.15) is 40.0 Å². The molecule has 1 atom stereocenters. The monoisotopic (exact) mass is 185 g/mol. The minimum absolute atomic E-state index is 0.474. The highest BCUT2D eigenvalue weighted by molar-refractivity contribution is 4.80. The van der Waals surface area contributed by atoms with E-state index < -0.39 is 0 Å². The maximum Gasteiger partial charge on any atom is 0.0471 e. The molecule has 1 unspecified atom stereocenters. The summed E-state index contributed by atoms with van der Waals surface area (Å²) < 4.78 is 5.37. The molecule has 1 fully saturated rings. The van der Waals surface area contributed by atoms with Gasteiger partial charge in [-0.15, -0.1) is 0 Å². The van der Waals surface area contributed by atoms with Gasteiger partial charge in [-0.2, -0.15) is 0 Å². The van der Waals surface area contributed by atoms with Crippen LogP contribution >= 0.6 is 0 Å². The lowest BCUT2D eigenvalue weighted by atomic mass is 9.82. The van der Waals surface area contributed by atoms with Crippen molar-refractivity contribution >= 4 is 0 Å². The molecule has 2 nitrogen and oxygen atoms in total. The number of hydrogen-bond donors (Lipinski definition) is 1. The Bertz CT molecular complexity index is 141. The summed E-state index contributed by atoms with van der Waals surface area (Å²) in [6.07, 6.45) is 3.62. The summed E-state index contributed by atoms with van der Waals surface area (Å²) in [6.45, 7) is 9.88. The summed E-state index contributed by atoms with van der Waals surface area (Å²) >= 11 is 0. The van der Waals surface area contributed by atoms with E-state index in [9.17, 15) is 0 Å². The zero-order valence-electron chi connectivity index (χ0n) is 9.23. The summed E-state index contributed by atoms with van der Waals surface area (Å²) in [6, 6.07) is 0.652. The van der Waals surface area contributed by atoms with E-state index in [1.54, 1.807) is 0 Å². The van der Waals surface area contributed by atoms with Crippen molar-refractivity contribution in [3.63, 3.8) is 0 Å². The zero-order chi connectivity index (χ0) is 9.73. The highest BCUT2D eigenvalue weighted by Crippen LogP contribution is 2.28. The van der Waals surface area contributed by atoms with E-state index in [4.69, 9.17) is 4.74 Å². The SMILES string of the molecule is CCC(C)NCC1(C)CCOCC1. The van der Waals surface area contributed by atoms with Gasteiger partial charge < -0.3 is 10.1 Å². The third kappa shape index (κ3) is 3.65. The van der Waals surface area contributed by atoms with Gasteiger partial charge in [0.25, 0.3) is 0 Å². The largest absolute Gasteiger partial charge is 0.381 e. The van der Waals surface area contributed by atoms with Gasteiger partial charge in [0, 0.05) is 25.8 Å². The second-order valence-corrected chi connectivity index (χ2v) is 4.61. The maximum absolute atomic E-state index is 5.37. The highest BCUT2D eigenvalue weighted by Gasteiger charge is 2.26. The van der Waals surface area contributed by atoms with Crippen LogP contribution in [0.2, 0.25) is 0 Å². The summed E-state index contributed by atoms with van der Waals surface area (Å²) in [7, 11) is 0. The van der Waals surface area contributed by atoms with E-state index in [2.05, 4.69) is 26.1 Å². The molecule has 0 aromatic heterocycles. The molecule has 0 saturated carbocycles. The van der Waals surface area contributed by atoms with Gasteiger partial charge in [0.1, 0.15) is 0 Å². The van der Waals surface area contributed by atoms with Crippen molar-refractivity contribution < 1.29 is 4.74 Å². The molecule has 78 valence electrons. The van der Waals surface area contributed by atoms with Crippen molar-refractivity contribution in [2.45, 2.75) is 46.1 Å². The van der Waals surface area contributed by atoms with Gasteiger partial charge in [-0.3, -0.25) is 0 Å². The quantitative estimate of drug-likeness (QED) is 0.725. The molecule has 0 bridgehead atoms. The van der Waals surface area contributed by atoms with Gasteiger partial charge in [0.2, 0.25) is 0 Å². The molecule has 1 rings (SSSR count). The number of nitrogens with one attached hydrogen (secondary N) is 1. The Morgan fingerprint density at radius 1 is 1.38 bits per heavy atom. The number of ether oxygens (including phenoxy) is 1. The Labute approximate surface area is 82.0 Å². The molecule has 0 aromatic carbocycles. The fourth-order valence-corrected chi connectivity index (χ4v) is 1.61. The van der Waals surface area contributed by atoms with Gasteiger partial charge in [-0.1, -0.05) is 13.8 Å².